The van der Waals surface area contributed by atoms with Gasteiger partial charge in [-0.1, -0.05) is 12.1 Å². The van der Waals surface area contributed by atoms with E-state index in [4.69, 9.17) is 5.11 Å². The van der Waals surface area contributed by atoms with E-state index < -0.39 is 5.97 Å². The largest absolute Gasteiger partial charge is 0.508 e. The van der Waals surface area contributed by atoms with Crippen LogP contribution in [0.2, 0.25) is 0 Å². The molecule has 1 heterocycles. The molecule has 1 aromatic carbocycles. The Morgan fingerprint density at radius 1 is 1.35 bits per heavy atom. The number of aromatic nitrogens is 1. The topological polar surface area (TPSA) is 70.4 Å². The van der Waals surface area contributed by atoms with Gasteiger partial charge in [-0.3, -0.25) is 4.79 Å². The van der Waals surface area contributed by atoms with Crippen LogP contribution in [0, 0.1) is 5.92 Å². The average Bonchev–Trinajstić information content (AvgIpc) is 2.82. The zero-order chi connectivity index (χ0) is 14.1. The number of benzene rings is 1. The summed E-state index contributed by atoms with van der Waals surface area (Å²) >= 11 is 1.62. The van der Waals surface area contributed by atoms with E-state index >= 15 is 0 Å². The number of fused-ring (bicyclic) bond motifs is 1. The molecule has 3 rings (SSSR count). The molecule has 0 bridgehead atoms. The number of nitrogens with zero attached hydrogens (tertiary/aromatic N) is 1. The van der Waals surface area contributed by atoms with Gasteiger partial charge in [-0.05, 0) is 37.0 Å². The van der Waals surface area contributed by atoms with Crippen LogP contribution in [0.25, 0.3) is 0 Å². The van der Waals surface area contributed by atoms with E-state index in [1.165, 1.54) is 0 Å². The highest BCUT2D eigenvalue weighted by atomic mass is 32.1. The molecule has 0 saturated heterocycles. The molecule has 2 aromatic rings. The first-order chi connectivity index (χ1) is 9.61. The third kappa shape index (κ3) is 2.67. The van der Waals surface area contributed by atoms with Crippen LogP contribution in [0.1, 0.15) is 27.6 Å². The van der Waals surface area contributed by atoms with Gasteiger partial charge >= 0.3 is 5.97 Å². The van der Waals surface area contributed by atoms with Gasteiger partial charge in [0.05, 0.1) is 16.6 Å². The van der Waals surface area contributed by atoms with Crippen molar-refractivity contribution in [3.63, 3.8) is 0 Å². The standard InChI is InChI=1S/C15H15NO3S/c17-11-4-1-9(2-5-11)7-14-16-12-6-3-10(15(18)19)8-13(12)20-14/h1-2,4-5,10,17H,3,6-8H2,(H,18,19). The fraction of sp³-hybridized carbons (Fsp3) is 0.333. The smallest absolute Gasteiger partial charge is 0.306 e. The molecular weight excluding hydrogens is 274 g/mol. The van der Waals surface area contributed by atoms with Crippen LogP contribution < -0.4 is 0 Å². The fourth-order valence-corrected chi connectivity index (χ4v) is 3.73. The summed E-state index contributed by atoms with van der Waals surface area (Å²) < 4.78 is 0. The Bertz CT molecular complexity index is 633. The Morgan fingerprint density at radius 2 is 2.10 bits per heavy atom. The Balaban J connectivity index is 1.77. The van der Waals surface area contributed by atoms with Crippen molar-refractivity contribution in [1.29, 1.82) is 0 Å². The quantitative estimate of drug-likeness (QED) is 0.911. The summed E-state index contributed by atoms with van der Waals surface area (Å²) in [7, 11) is 0. The maximum atomic E-state index is 11.1. The van der Waals surface area contributed by atoms with E-state index in [9.17, 15) is 9.90 Å². The van der Waals surface area contributed by atoms with Crippen molar-refractivity contribution in [2.24, 2.45) is 5.92 Å². The van der Waals surface area contributed by atoms with Crippen LogP contribution in [0.3, 0.4) is 0 Å². The number of aliphatic carboxylic acids is 1. The average molecular weight is 289 g/mol. The summed E-state index contributed by atoms with van der Waals surface area (Å²) in [6.07, 6.45) is 2.79. The number of carbonyl (C=O) groups is 1. The molecule has 0 spiro atoms. The summed E-state index contributed by atoms with van der Waals surface area (Å²) in [5, 5.41) is 19.4. The molecule has 0 aliphatic heterocycles. The number of aromatic hydroxyl groups is 1. The fourth-order valence-electron chi connectivity index (χ4n) is 2.50. The maximum Gasteiger partial charge on any atom is 0.306 e. The minimum atomic E-state index is -0.705. The molecule has 1 aliphatic rings. The molecule has 1 unspecified atom stereocenters. The number of aryl methyl sites for hydroxylation is 1. The summed E-state index contributed by atoms with van der Waals surface area (Å²) in [4.78, 5) is 16.8. The van der Waals surface area contributed by atoms with E-state index in [2.05, 4.69) is 4.98 Å². The van der Waals surface area contributed by atoms with E-state index in [1.54, 1.807) is 23.5 Å². The minimum Gasteiger partial charge on any atom is -0.508 e. The van der Waals surface area contributed by atoms with E-state index in [0.29, 0.717) is 12.8 Å². The number of rotatable bonds is 3. The lowest BCUT2D eigenvalue weighted by atomic mass is 9.91. The number of thiazole rings is 1. The number of carboxylic acid groups (broad SMARTS) is 1. The van der Waals surface area contributed by atoms with E-state index in [1.807, 2.05) is 12.1 Å². The molecule has 20 heavy (non-hydrogen) atoms. The second-order valence-corrected chi connectivity index (χ2v) is 6.27. The van der Waals surface area contributed by atoms with Crippen molar-refractivity contribution in [1.82, 2.24) is 4.98 Å². The van der Waals surface area contributed by atoms with Gasteiger partial charge in [0.1, 0.15) is 5.75 Å². The molecule has 0 saturated carbocycles. The Morgan fingerprint density at radius 3 is 2.80 bits per heavy atom. The zero-order valence-electron chi connectivity index (χ0n) is 10.9. The predicted octanol–water partition coefficient (Wildman–Crippen LogP) is 2.63. The Kier molecular flexibility index (Phi) is 3.44. The van der Waals surface area contributed by atoms with Crippen LogP contribution in [0.15, 0.2) is 24.3 Å². The number of carboxylic acids is 1. The van der Waals surface area contributed by atoms with Gasteiger partial charge in [-0.15, -0.1) is 11.3 Å². The Hall–Kier alpha value is -1.88. The van der Waals surface area contributed by atoms with Gasteiger partial charge in [0.25, 0.3) is 0 Å². The van der Waals surface area contributed by atoms with Crippen molar-refractivity contribution >= 4 is 17.3 Å². The first-order valence-electron chi connectivity index (χ1n) is 6.60. The van der Waals surface area contributed by atoms with Crippen LogP contribution in [0.5, 0.6) is 5.75 Å². The van der Waals surface area contributed by atoms with Gasteiger partial charge in [0.2, 0.25) is 0 Å². The van der Waals surface area contributed by atoms with Gasteiger partial charge in [0, 0.05) is 11.3 Å². The highest BCUT2D eigenvalue weighted by Gasteiger charge is 2.27. The molecule has 0 amide bonds. The minimum absolute atomic E-state index is 0.260. The second kappa shape index (κ2) is 5.25. The third-order valence-electron chi connectivity index (χ3n) is 3.62. The normalized spacial score (nSPS) is 17.7. The van der Waals surface area contributed by atoms with Crippen LogP contribution >= 0.6 is 11.3 Å². The molecular formula is C15H15NO3S. The molecule has 1 aromatic heterocycles. The molecule has 2 N–H and O–H groups in total. The number of phenols is 1. The lowest BCUT2D eigenvalue weighted by Gasteiger charge is -2.16. The second-order valence-electron chi connectivity index (χ2n) is 5.10. The predicted molar refractivity (Wildman–Crippen MR) is 76.2 cm³/mol. The maximum absolute atomic E-state index is 11.1. The van der Waals surface area contributed by atoms with Crippen LogP contribution in [0.4, 0.5) is 0 Å². The van der Waals surface area contributed by atoms with Crippen molar-refractivity contribution in [3.8, 4) is 5.75 Å². The highest BCUT2D eigenvalue weighted by molar-refractivity contribution is 7.11. The third-order valence-corrected chi connectivity index (χ3v) is 4.74. The van der Waals surface area contributed by atoms with Crippen molar-refractivity contribution < 1.29 is 15.0 Å². The number of phenolic OH excluding ortho intramolecular Hbond substituents is 1. The summed E-state index contributed by atoms with van der Waals surface area (Å²) in [6, 6.07) is 7.11. The van der Waals surface area contributed by atoms with Gasteiger partial charge < -0.3 is 10.2 Å². The number of hydrogen-bond donors (Lipinski definition) is 2. The van der Waals surface area contributed by atoms with E-state index in [0.717, 1.165) is 34.0 Å². The molecule has 104 valence electrons. The summed E-state index contributed by atoms with van der Waals surface area (Å²) in [5.41, 5.74) is 2.17. The summed E-state index contributed by atoms with van der Waals surface area (Å²) in [5.74, 6) is -0.704. The molecule has 1 aliphatic carbocycles. The number of hydrogen-bond acceptors (Lipinski definition) is 4. The molecule has 0 fully saturated rings. The zero-order valence-corrected chi connectivity index (χ0v) is 11.7. The van der Waals surface area contributed by atoms with Crippen molar-refractivity contribution in [2.45, 2.75) is 25.7 Å². The van der Waals surface area contributed by atoms with Crippen LogP contribution in [-0.2, 0) is 24.1 Å². The Labute approximate surface area is 120 Å². The molecule has 4 nitrogen and oxygen atoms in total. The molecule has 1 atom stereocenters. The van der Waals surface area contributed by atoms with Gasteiger partial charge in [0.15, 0.2) is 0 Å². The summed E-state index contributed by atoms with van der Waals surface area (Å²) in [6.45, 7) is 0. The van der Waals surface area contributed by atoms with Crippen LogP contribution in [-0.4, -0.2) is 21.2 Å². The highest BCUT2D eigenvalue weighted by Crippen LogP contribution is 2.31. The SMILES string of the molecule is O=C(O)C1CCc2nc(Cc3ccc(O)cc3)sc2C1. The monoisotopic (exact) mass is 289 g/mol. The lowest BCUT2D eigenvalue weighted by Crippen LogP contribution is -2.21. The lowest BCUT2D eigenvalue weighted by molar-refractivity contribution is -0.142. The molecule has 0 radical (unpaired) electrons. The first kappa shape index (κ1) is 13.1. The van der Waals surface area contributed by atoms with Gasteiger partial charge in [-0.2, -0.15) is 0 Å². The van der Waals surface area contributed by atoms with E-state index in [-0.39, 0.29) is 11.7 Å². The van der Waals surface area contributed by atoms with Crippen molar-refractivity contribution in [2.75, 3.05) is 0 Å². The van der Waals surface area contributed by atoms with Gasteiger partial charge in [-0.25, -0.2) is 4.98 Å². The molecule has 5 heteroatoms. The van der Waals surface area contributed by atoms with Crippen molar-refractivity contribution in [3.05, 3.63) is 45.4 Å². The first-order valence-corrected chi connectivity index (χ1v) is 7.41.